The predicted molar refractivity (Wildman–Crippen MR) is 108 cm³/mol. The van der Waals surface area contributed by atoms with Crippen molar-refractivity contribution in [1.82, 2.24) is 15.6 Å². The third kappa shape index (κ3) is 5.20. The number of nitrogens with one attached hydrogen (secondary N) is 2. The average molecular weight is 400 g/mol. The van der Waals surface area contributed by atoms with Crippen LogP contribution >= 0.6 is 0 Å². The van der Waals surface area contributed by atoms with Crippen LogP contribution in [0.3, 0.4) is 0 Å². The second kappa shape index (κ2) is 9.17. The minimum Gasteiger partial charge on any atom is -0.481 e. The maximum atomic E-state index is 12.8. The van der Waals surface area contributed by atoms with E-state index in [1.165, 1.54) is 5.56 Å². The van der Waals surface area contributed by atoms with Gasteiger partial charge < -0.3 is 15.3 Å². The van der Waals surface area contributed by atoms with Crippen LogP contribution in [0.1, 0.15) is 31.7 Å². The molecule has 2 amide bonds. The van der Waals surface area contributed by atoms with Gasteiger partial charge in [0.15, 0.2) is 0 Å². The molecule has 0 aliphatic carbocycles. The average Bonchev–Trinajstić information content (AvgIpc) is 3.24. The number of hydrogen-bond donors (Lipinski definition) is 3. The van der Waals surface area contributed by atoms with E-state index in [9.17, 15) is 9.59 Å². The lowest BCUT2D eigenvalue weighted by Gasteiger charge is -2.28. The normalized spacial score (nSPS) is 25.4. The monoisotopic (exact) mass is 400 g/mol. The summed E-state index contributed by atoms with van der Waals surface area (Å²) in [6.45, 7) is 4.59. The Morgan fingerprint density at radius 2 is 2.00 bits per heavy atom. The van der Waals surface area contributed by atoms with E-state index in [-0.39, 0.29) is 17.2 Å². The third-order valence-corrected chi connectivity index (χ3v) is 5.87. The van der Waals surface area contributed by atoms with Gasteiger partial charge >= 0.3 is 0 Å². The van der Waals surface area contributed by atoms with Gasteiger partial charge in [0.1, 0.15) is 5.71 Å². The van der Waals surface area contributed by atoms with E-state index >= 15 is 0 Å². The fourth-order valence-electron chi connectivity index (χ4n) is 4.39. The van der Waals surface area contributed by atoms with Crippen LogP contribution < -0.4 is 10.7 Å². The lowest BCUT2D eigenvalue weighted by molar-refractivity contribution is -0.134. The maximum absolute atomic E-state index is 12.8. The minimum atomic E-state index is -0.833. The van der Waals surface area contributed by atoms with E-state index in [1.54, 1.807) is 0 Å². The molecule has 3 heterocycles. The lowest BCUT2D eigenvalue weighted by Crippen LogP contribution is -2.41. The van der Waals surface area contributed by atoms with Gasteiger partial charge in [0, 0.05) is 51.4 Å². The molecular formula is C21H28N4O4. The number of hydrogen-bond acceptors (Lipinski definition) is 5. The summed E-state index contributed by atoms with van der Waals surface area (Å²) in [5.74, 6) is -0.453. The van der Waals surface area contributed by atoms with Crippen molar-refractivity contribution in [3.63, 3.8) is 0 Å². The van der Waals surface area contributed by atoms with Crippen molar-refractivity contribution in [3.8, 4) is 0 Å². The van der Waals surface area contributed by atoms with Gasteiger partial charge in [-0.15, -0.1) is 0 Å². The summed E-state index contributed by atoms with van der Waals surface area (Å²) in [6.07, 6.45) is 2.92. The van der Waals surface area contributed by atoms with Gasteiger partial charge in [0.05, 0.1) is 0 Å². The molecular weight excluding hydrogens is 372 g/mol. The van der Waals surface area contributed by atoms with E-state index in [2.05, 4.69) is 40.1 Å². The molecule has 2 atom stereocenters. The molecule has 8 heteroatoms. The summed E-state index contributed by atoms with van der Waals surface area (Å²) in [4.78, 5) is 35.0. The Balaban J connectivity index is 0.000000552. The zero-order valence-corrected chi connectivity index (χ0v) is 16.7. The molecule has 3 aliphatic rings. The van der Waals surface area contributed by atoms with Crippen molar-refractivity contribution >= 4 is 23.5 Å². The molecule has 156 valence electrons. The van der Waals surface area contributed by atoms with Gasteiger partial charge in [-0.05, 0) is 24.3 Å². The number of carbonyl (C=O) groups is 3. The summed E-state index contributed by atoms with van der Waals surface area (Å²) >= 11 is 0. The largest absolute Gasteiger partial charge is 0.481 e. The quantitative estimate of drug-likeness (QED) is 0.699. The van der Waals surface area contributed by atoms with Gasteiger partial charge in [-0.3, -0.25) is 14.4 Å². The molecule has 1 aromatic carbocycles. The zero-order chi connectivity index (χ0) is 20.9. The first-order valence-electron chi connectivity index (χ1n) is 9.98. The number of amides is 2. The number of carbonyl (C=O) groups excluding carboxylic acids is 2. The fraction of sp³-hybridized carbons (Fsp3) is 0.524. The Morgan fingerprint density at radius 1 is 1.28 bits per heavy atom. The van der Waals surface area contributed by atoms with Gasteiger partial charge in [-0.25, -0.2) is 5.43 Å². The van der Waals surface area contributed by atoms with Gasteiger partial charge in [-0.1, -0.05) is 30.3 Å². The summed E-state index contributed by atoms with van der Waals surface area (Å²) in [5, 5.41) is 14.9. The van der Waals surface area contributed by atoms with Crippen LogP contribution in [0.2, 0.25) is 0 Å². The molecule has 0 spiro atoms. The van der Waals surface area contributed by atoms with Crippen LogP contribution in [0.5, 0.6) is 0 Å². The third-order valence-electron chi connectivity index (χ3n) is 5.87. The Hall–Kier alpha value is -2.74. The number of hydrazone groups is 1. The molecule has 1 aromatic rings. The Morgan fingerprint density at radius 3 is 2.66 bits per heavy atom. The minimum absolute atomic E-state index is 0.00603. The first-order chi connectivity index (χ1) is 13.9. The number of rotatable bonds is 4. The van der Waals surface area contributed by atoms with E-state index in [0.717, 1.165) is 45.9 Å². The Bertz CT molecular complexity index is 791. The highest BCUT2D eigenvalue weighted by Crippen LogP contribution is 2.42. The van der Waals surface area contributed by atoms with Crippen molar-refractivity contribution in [2.75, 3.05) is 26.2 Å². The number of aryl methyl sites for hydroxylation is 1. The van der Waals surface area contributed by atoms with Gasteiger partial charge in [-0.2, -0.15) is 5.10 Å². The van der Waals surface area contributed by atoms with Crippen molar-refractivity contribution < 1.29 is 19.5 Å². The standard InChI is InChI=1S/C19H24N4O2.C2H4O2/c24-17-7-6-16(21-22-17)18(25)23-11-15-10-20-12-19(15,13-23)9-8-14-4-2-1-3-5-14;1-2(3)4/h1-5,15,20H,6-13H2,(H,22,24);1H3,(H,3,4). The maximum Gasteiger partial charge on any atom is 0.300 e. The number of fused-ring (bicyclic) bond motifs is 1. The molecule has 0 aromatic heterocycles. The summed E-state index contributed by atoms with van der Waals surface area (Å²) in [6, 6.07) is 10.5. The number of aliphatic carboxylic acids is 1. The van der Waals surface area contributed by atoms with Crippen LogP contribution in [0.15, 0.2) is 35.4 Å². The predicted octanol–water partition coefficient (Wildman–Crippen LogP) is 1.02. The molecule has 3 N–H and O–H groups in total. The summed E-state index contributed by atoms with van der Waals surface area (Å²) < 4.78 is 0. The van der Waals surface area contributed by atoms with Gasteiger partial charge in [0.2, 0.25) is 5.91 Å². The first-order valence-corrected chi connectivity index (χ1v) is 9.98. The Kier molecular flexibility index (Phi) is 6.64. The van der Waals surface area contributed by atoms with Crippen molar-refractivity contribution in [2.24, 2.45) is 16.4 Å². The SMILES string of the molecule is CC(=O)O.O=C1CCC(C(=O)N2CC3CNCC3(CCc3ccccc3)C2)=NN1. The highest BCUT2D eigenvalue weighted by molar-refractivity contribution is 6.39. The first kappa shape index (κ1) is 21.0. The van der Waals surface area contributed by atoms with Crippen LogP contribution in [0, 0.1) is 11.3 Å². The molecule has 2 fully saturated rings. The molecule has 2 unspecified atom stereocenters. The smallest absolute Gasteiger partial charge is 0.300 e. The number of carboxylic acids is 1. The van der Waals surface area contributed by atoms with Crippen molar-refractivity contribution in [1.29, 1.82) is 0 Å². The molecule has 29 heavy (non-hydrogen) atoms. The number of nitrogens with zero attached hydrogens (tertiary/aromatic N) is 2. The van der Waals surface area contributed by atoms with Crippen LogP contribution in [0.25, 0.3) is 0 Å². The number of benzene rings is 1. The second-order valence-corrected chi connectivity index (χ2v) is 7.97. The van der Waals surface area contributed by atoms with E-state index in [4.69, 9.17) is 9.90 Å². The molecule has 0 radical (unpaired) electrons. The van der Waals surface area contributed by atoms with E-state index in [1.807, 2.05) is 11.0 Å². The number of likely N-dealkylation sites (tertiary alicyclic amines) is 1. The van der Waals surface area contributed by atoms with Crippen LogP contribution in [0.4, 0.5) is 0 Å². The van der Waals surface area contributed by atoms with Gasteiger partial charge in [0.25, 0.3) is 11.9 Å². The van der Waals surface area contributed by atoms with Crippen LogP contribution in [-0.2, 0) is 20.8 Å². The fourth-order valence-corrected chi connectivity index (χ4v) is 4.39. The molecule has 4 rings (SSSR count). The highest BCUT2D eigenvalue weighted by atomic mass is 16.4. The molecule has 2 saturated heterocycles. The molecule has 0 saturated carbocycles. The topological polar surface area (TPSA) is 111 Å². The zero-order valence-electron chi connectivity index (χ0n) is 16.7. The second-order valence-electron chi connectivity index (χ2n) is 7.97. The summed E-state index contributed by atoms with van der Waals surface area (Å²) in [7, 11) is 0. The van der Waals surface area contributed by atoms with E-state index < -0.39 is 5.97 Å². The molecule has 3 aliphatic heterocycles. The Labute approximate surface area is 170 Å². The van der Waals surface area contributed by atoms with Crippen molar-refractivity contribution in [2.45, 2.75) is 32.6 Å². The lowest BCUT2D eigenvalue weighted by atomic mass is 9.76. The molecule has 8 nitrogen and oxygen atoms in total. The molecule has 0 bridgehead atoms. The van der Waals surface area contributed by atoms with E-state index in [0.29, 0.717) is 24.5 Å². The van der Waals surface area contributed by atoms with Crippen molar-refractivity contribution in [3.05, 3.63) is 35.9 Å². The highest BCUT2D eigenvalue weighted by Gasteiger charge is 2.50. The van der Waals surface area contributed by atoms with Crippen LogP contribution in [-0.4, -0.2) is 59.7 Å². The summed E-state index contributed by atoms with van der Waals surface area (Å²) in [5.41, 5.74) is 4.43. The number of carboxylic acid groups (broad SMARTS) is 1.